The van der Waals surface area contributed by atoms with Crippen LogP contribution in [0, 0.1) is 11.3 Å². The summed E-state index contributed by atoms with van der Waals surface area (Å²) < 4.78 is 5.30. The zero-order chi connectivity index (χ0) is 6.32. The lowest BCUT2D eigenvalue weighted by molar-refractivity contribution is 0.179. The zero-order valence-corrected chi connectivity index (χ0v) is 6.16. The highest BCUT2D eigenvalue weighted by Gasteiger charge is 2.55. The van der Waals surface area contributed by atoms with Gasteiger partial charge in [0.1, 0.15) is 0 Å². The number of alkyl halides is 1. The molecule has 2 rings (SSSR count). The van der Waals surface area contributed by atoms with E-state index in [0.717, 1.165) is 25.0 Å². The molecule has 1 saturated carbocycles. The van der Waals surface area contributed by atoms with Gasteiger partial charge in [0.15, 0.2) is 0 Å². The first-order chi connectivity index (χ1) is 4.37. The van der Waals surface area contributed by atoms with Gasteiger partial charge in [-0.05, 0) is 18.8 Å². The molecule has 0 radical (unpaired) electrons. The van der Waals surface area contributed by atoms with Crippen molar-refractivity contribution in [3.8, 4) is 0 Å². The van der Waals surface area contributed by atoms with E-state index < -0.39 is 0 Å². The van der Waals surface area contributed by atoms with Crippen LogP contribution in [0.3, 0.4) is 0 Å². The van der Waals surface area contributed by atoms with E-state index in [1.807, 2.05) is 0 Å². The van der Waals surface area contributed by atoms with Crippen molar-refractivity contribution < 1.29 is 4.74 Å². The van der Waals surface area contributed by atoms with Crippen LogP contribution in [0.15, 0.2) is 0 Å². The van der Waals surface area contributed by atoms with Crippen molar-refractivity contribution in [2.75, 3.05) is 19.1 Å². The van der Waals surface area contributed by atoms with E-state index in [1.54, 1.807) is 0 Å². The molecule has 1 spiro atoms. The van der Waals surface area contributed by atoms with Crippen molar-refractivity contribution in [2.45, 2.75) is 12.8 Å². The van der Waals surface area contributed by atoms with Crippen molar-refractivity contribution in [3.63, 3.8) is 0 Å². The molecular formula is C7H11ClO. The molecule has 0 bridgehead atoms. The lowest BCUT2D eigenvalue weighted by atomic mass is 10.0. The third kappa shape index (κ3) is 0.786. The van der Waals surface area contributed by atoms with Gasteiger partial charge in [0.25, 0.3) is 0 Å². The Bertz CT molecular complexity index is 118. The summed E-state index contributed by atoms with van der Waals surface area (Å²) in [6.45, 7) is 1.94. The van der Waals surface area contributed by atoms with Gasteiger partial charge in [0.2, 0.25) is 0 Å². The van der Waals surface area contributed by atoms with Crippen molar-refractivity contribution in [1.29, 1.82) is 0 Å². The summed E-state index contributed by atoms with van der Waals surface area (Å²) in [7, 11) is 0. The largest absolute Gasteiger partial charge is 0.381 e. The average molecular weight is 147 g/mol. The highest BCUT2D eigenvalue weighted by molar-refractivity contribution is 6.18. The summed E-state index contributed by atoms with van der Waals surface area (Å²) in [5, 5.41) is 0. The second kappa shape index (κ2) is 1.86. The Labute approximate surface area is 60.3 Å². The maximum absolute atomic E-state index is 5.71. The molecule has 1 nitrogen and oxygen atoms in total. The normalized spacial score (nSPS) is 48.3. The first-order valence-corrected chi connectivity index (χ1v) is 4.04. The second-order valence-corrected chi connectivity index (χ2v) is 3.53. The van der Waals surface area contributed by atoms with Crippen LogP contribution in [-0.2, 0) is 4.74 Å². The molecule has 0 aromatic heterocycles. The molecule has 0 aromatic carbocycles. The maximum Gasteiger partial charge on any atom is 0.0526 e. The molecule has 2 aliphatic rings. The van der Waals surface area contributed by atoms with Crippen LogP contribution in [0.5, 0.6) is 0 Å². The predicted molar refractivity (Wildman–Crippen MR) is 36.7 cm³/mol. The summed E-state index contributed by atoms with van der Waals surface area (Å²) in [6, 6.07) is 0. The smallest absolute Gasteiger partial charge is 0.0526 e. The van der Waals surface area contributed by atoms with Gasteiger partial charge >= 0.3 is 0 Å². The van der Waals surface area contributed by atoms with Crippen LogP contribution in [0.4, 0.5) is 0 Å². The van der Waals surface area contributed by atoms with Gasteiger partial charge in [-0.1, -0.05) is 0 Å². The lowest BCUT2D eigenvalue weighted by Gasteiger charge is -2.01. The first-order valence-electron chi connectivity index (χ1n) is 3.51. The van der Waals surface area contributed by atoms with Crippen molar-refractivity contribution in [3.05, 3.63) is 0 Å². The van der Waals surface area contributed by atoms with Gasteiger partial charge in [-0.2, -0.15) is 0 Å². The summed E-state index contributed by atoms with van der Waals surface area (Å²) in [6.07, 6.45) is 2.57. The lowest BCUT2D eigenvalue weighted by Crippen LogP contribution is -2.02. The molecule has 1 aliphatic heterocycles. The van der Waals surface area contributed by atoms with E-state index in [9.17, 15) is 0 Å². The van der Waals surface area contributed by atoms with E-state index in [1.165, 1.54) is 12.8 Å². The number of ether oxygens (including phenoxy) is 1. The molecule has 2 atom stereocenters. The van der Waals surface area contributed by atoms with Gasteiger partial charge in [-0.3, -0.25) is 0 Å². The molecule has 2 fully saturated rings. The third-order valence-corrected chi connectivity index (χ3v) is 3.05. The van der Waals surface area contributed by atoms with Crippen LogP contribution in [0.1, 0.15) is 12.8 Å². The minimum Gasteiger partial charge on any atom is -0.381 e. The molecule has 0 N–H and O–H groups in total. The van der Waals surface area contributed by atoms with Crippen LogP contribution in [-0.4, -0.2) is 19.1 Å². The Morgan fingerprint density at radius 2 is 2.56 bits per heavy atom. The van der Waals surface area contributed by atoms with Gasteiger partial charge in [-0.15, -0.1) is 11.6 Å². The summed E-state index contributed by atoms with van der Waals surface area (Å²) in [4.78, 5) is 0. The molecule has 0 amide bonds. The fourth-order valence-electron chi connectivity index (χ4n) is 1.76. The maximum atomic E-state index is 5.71. The second-order valence-electron chi connectivity index (χ2n) is 3.22. The molecule has 1 saturated heterocycles. The van der Waals surface area contributed by atoms with E-state index in [4.69, 9.17) is 16.3 Å². The van der Waals surface area contributed by atoms with E-state index in [-0.39, 0.29) is 0 Å². The summed E-state index contributed by atoms with van der Waals surface area (Å²) in [5.41, 5.74) is 0.557. The summed E-state index contributed by atoms with van der Waals surface area (Å²) >= 11 is 5.71. The Kier molecular flexibility index (Phi) is 1.24. The van der Waals surface area contributed by atoms with E-state index >= 15 is 0 Å². The number of hydrogen-bond acceptors (Lipinski definition) is 1. The molecule has 1 aliphatic carbocycles. The standard InChI is InChI=1S/C7H11ClO/c8-4-6-3-7(6)1-2-9-5-7/h6H,1-5H2. The van der Waals surface area contributed by atoms with Gasteiger partial charge < -0.3 is 4.74 Å². The van der Waals surface area contributed by atoms with Crippen molar-refractivity contribution in [1.82, 2.24) is 0 Å². The molecule has 2 unspecified atom stereocenters. The quantitative estimate of drug-likeness (QED) is 0.512. The Balaban J connectivity index is 1.97. The fraction of sp³-hybridized carbons (Fsp3) is 1.00. The predicted octanol–water partition coefficient (Wildman–Crippen LogP) is 1.65. The minimum absolute atomic E-state index is 0.557. The Morgan fingerprint density at radius 3 is 3.00 bits per heavy atom. The van der Waals surface area contributed by atoms with Crippen LogP contribution >= 0.6 is 11.6 Å². The topological polar surface area (TPSA) is 9.23 Å². The van der Waals surface area contributed by atoms with E-state index in [0.29, 0.717) is 5.41 Å². The molecule has 0 aromatic rings. The van der Waals surface area contributed by atoms with Crippen LogP contribution in [0.25, 0.3) is 0 Å². The highest BCUT2D eigenvalue weighted by Crippen LogP contribution is 2.58. The monoisotopic (exact) mass is 146 g/mol. The molecular weight excluding hydrogens is 136 g/mol. The van der Waals surface area contributed by atoms with Gasteiger partial charge in [-0.25, -0.2) is 0 Å². The number of rotatable bonds is 1. The van der Waals surface area contributed by atoms with Gasteiger partial charge in [0, 0.05) is 17.9 Å². The number of halogens is 1. The molecule has 1 heterocycles. The third-order valence-electron chi connectivity index (χ3n) is 2.68. The van der Waals surface area contributed by atoms with E-state index in [2.05, 4.69) is 0 Å². The molecule has 2 heteroatoms. The molecule has 52 valence electrons. The van der Waals surface area contributed by atoms with Crippen molar-refractivity contribution in [2.24, 2.45) is 11.3 Å². The van der Waals surface area contributed by atoms with Crippen LogP contribution in [0.2, 0.25) is 0 Å². The van der Waals surface area contributed by atoms with Gasteiger partial charge in [0.05, 0.1) is 6.61 Å². The average Bonchev–Trinajstić information content (AvgIpc) is 2.30. The Hall–Kier alpha value is 0.250. The first kappa shape index (κ1) is 5.99. The molecule has 9 heavy (non-hydrogen) atoms. The van der Waals surface area contributed by atoms with Crippen molar-refractivity contribution >= 4 is 11.6 Å². The SMILES string of the molecule is ClCC1CC12CCOC2. The number of hydrogen-bond donors (Lipinski definition) is 0. The van der Waals surface area contributed by atoms with Crippen LogP contribution < -0.4 is 0 Å². The Morgan fingerprint density at radius 1 is 1.67 bits per heavy atom. The minimum atomic E-state index is 0.557. The summed E-state index contributed by atoms with van der Waals surface area (Å²) in [5.74, 6) is 1.62. The zero-order valence-electron chi connectivity index (χ0n) is 5.40. The fourth-order valence-corrected chi connectivity index (χ4v) is 2.19. The highest BCUT2D eigenvalue weighted by atomic mass is 35.5.